The van der Waals surface area contributed by atoms with Crippen LogP contribution >= 0.6 is 0 Å². The van der Waals surface area contributed by atoms with Crippen LogP contribution in [0.5, 0.6) is 17.2 Å². The molecule has 0 fully saturated rings. The molecule has 0 heterocycles. The van der Waals surface area contributed by atoms with Crippen molar-refractivity contribution in [1.82, 2.24) is 0 Å². The lowest BCUT2D eigenvalue weighted by Gasteiger charge is -2.16. The molecule has 0 saturated carbocycles. The van der Waals surface area contributed by atoms with Gasteiger partial charge in [0.1, 0.15) is 11.3 Å². The van der Waals surface area contributed by atoms with E-state index in [4.69, 9.17) is 18.9 Å². The molecule has 0 bridgehead atoms. The number of esters is 1. The van der Waals surface area contributed by atoms with Gasteiger partial charge in [0.25, 0.3) is 0 Å². The van der Waals surface area contributed by atoms with Crippen molar-refractivity contribution >= 4 is 11.8 Å². The van der Waals surface area contributed by atoms with Crippen LogP contribution < -0.4 is 14.2 Å². The first-order valence-electron chi connectivity index (χ1n) is 7.10. The van der Waals surface area contributed by atoms with Gasteiger partial charge in [-0.2, -0.15) is 0 Å². The average Bonchev–Trinajstić information content (AvgIpc) is 2.65. The fourth-order valence-electron chi connectivity index (χ4n) is 2.40. The van der Waals surface area contributed by atoms with Gasteiger partial charge in [-0.25, -0.2) is 4.79 Å². The van der Waals surface area contributed by atoms with E-state index in [0.717, 1.165) is 0 Å². The Labute approximate surface area is 139 Å². The molecular formula is C18H18O6. The smallest absolute Gasteiger partial charge is 0.338 e. The monoisotopic (exact) mass is 330 g/mol. The highest BCUT2D eigenvalue weighted by atomic mass is 16.5. The van der Waals surface area contributed by atoms with E-state index in [1.54, 1.807) is 30.3 Å². The standard InChI is InChI=1S/C18H18O6/c1-21-13-9-10-14(22-2)17(23-3)15(13)16(19)11-7-5-6-8-12(11)18(20)24-4/h5-10H,1-4H3. The molecule has 0 amide bonds. The van der Waals surface area contributed by atoms with Crippen molar-refractivity contribution in [2.24, 2.45) is 0 Å². The largest absolute Gasteiger partial charge is 0.496 e. The van der Waals surface area contributed by atoms with Gasteiger partial charge in [-0.15, -0.1) is 0 Å². The molecule has 126 valence electrons. The Morgan fingerprint density at radius 2 is 1.33 bits per heavy atom. The van der Waals surface area contributed by atoms with E-state index >= 15 is 0 Å². The molecule has 2 aromatic carbocycles. The van der Waals surface area contributed by atoms with Crippen molar-refractivity contribution in [3.05, 3.63) is 53.1 Å². The topological polar surface area (TPSA) is 71.1 Å². The van der Waals surface area contributed by atoms with Gasteiger partial charge in [-0.05, 0) is 18.2 Å². The summed E-state index contributed by atoms with van der Waals surface area (Å²) in [6, 6.07) is 9.64. The zero-order valence-electron chi connectivity index (χ0n) is 13.9. The Bertz CT molecular complexity index is 766. The van der Waals surface area contributed by atoms with Crippen LogP contribution in [-0.2, 0) is 4.74 Å². The number of hydrogen-bond donors (Lipinski definition) is 0. The van der Waals surface area contributed by atoms with Crippen LogP contribution in [0.1, 0.15) is 26.3 Å². The predicted octanol–water partition coefficient (Wildman–Crippen LogP) is 2.73. The number of carbonyl (C=O) groups excluding carboxylic acids is 2. The summed E-state index contributed by atoms with van der Waals surface area (Å²) >= 11 is 0. The Hall–Kier alpha value is -3.02. The first-order valence-corrected chi connectivity index (χ1v) is 7.10. The van der Waals surface area contributed by atoms with Crippen LogP contribution in [0.4, 0.5) is 0 Å². The van der Waals surface area contributed by atoms with E-state index in [1.165, 1.54) is 34.5 Å². The van der Waals surface area contributed by atoms with Gasteiger partial charge in [0.15, 0.2) is 11.5 Å². The molecule has 24 heavy (non-hydrogen) atoms. The van der Waals surface area contributed by atoms with Gasteiger partial charge in [0.2, 0.25) is 5.78 Å². The zero-order valence-corrected chi connectivity index (χ0v) is 13.9. The minimum Gasteiger partial charge on any atom is -0.496 e. The van der Waals surface area contributed by atoms with Crippen LogP contribution in [-0.4, -0.2) is 40.2 Å². The molecule has 0 aliphatic carbocycles. The summed E-state index contributed by atoms with van der Waals surface area (Å²) in [7, 11) is 5.61. The van der Waals surface area contributed by atoms with Crippen LogP contribution in [0.2, 0.25) is 0 Å². The molecular weight excluding hydrogens is 312 g/mol. The number of ether oxygens (including phenoxy) is 4. The summed E-state index contributed by atoms with van der Waals surface area (Å²) in [6.45, 7) is 0. The minimum atomic E-state index is -0.597. The number of carbonyl (C=O) groups is 2. The molecule has 0 atom stereocenters. The summed E-state index contributed by atoms with van der Waals surface area (Å²) in [5.41, 5.74) is 0.529. The lowest BCUT2D eigenvalue weighted by Crippen LogP contribution is -2.13. The number of hydrogen-bond acceptors (Lipinski definition) is 6. The predicted molar refractivity (Wildman–Crippen MR) is 87.3 cm³/mol. The molecule has 0 aliphatic rings. The molecule has 2 aromatic rings. The molecule has 0 unspecified atom stereocenters. The van der Waals surface area contributed by atoms with E-state index in [-0.39, 0.29) is 22.4 Å². The van der Waals surface area contributed by atoms with Crippen LogP contribution in [0.15, 0.2) is 36.4 Å². The third kappa shape index (κ3) is 3.03. The van der Waals surface area contributed by atoms with E-state index in [9.17, 15) is 9.59 Å². The Balaban J connectivity index is 2.69. The highest BCUT2D eigenvalue weighted by Crippen LogP contribution is 2.39. The van der Waals surface area contributed by atoms with Gasteiger partial charge < -0.3 is 18.9 Å². The van der Waals surface area contributed by atoms with Crippen LogP contribution in [0.3, 0.4) is 0 Å². The second-order valence-corrected chi connectivity index (χ2v) is 4.74. The van der Waals surface area contributed by atoms with Crippen molar-refractivity contribution in [1.29, 1.82) is 0 Å². The molecule has 2 rings (SSSR count). The fraction of sp³-hybridized carbons (Fsp3) is 0.222. The summed E-state index contributed by atoms with van der Waals surface area (Å²) in [4.78, 5) is 25.0. The molecule has 6 nitrogen and oxygen atoms in total. The van der Waals surface area contributed by atoms with Gasteiger partial charge in [-0.1, -0.05) is 18.2 Å². The molecule has 0 radical (unpaired) electrons. The first kappa shape index (κ1) is 17.3. The third-order valence-electron chi connectivity index (χ3n) is 3.53. The van der Waals surface area contributed by atoms with Crippen LogP contribution in [0.25, 0.3) is 0 Å². The van der Waals surface area contributed by atoms with E-state index in [1.807, 2.05) is 0 Å². The number of methoxy groups -OCH3 is 4. The SMILES string of the molecule is COC(=O)c1ccccc1C(=O)c1c(OC)ccc(OC)c1OC. The molecule has 0 aromatic heterocycles. The second kappa shape index (κ2) is 7.50. The maximum Gasteiger partial charge on any atom is 0.338 e. The van der Waals surface area contributed by atoms with Crippen molar-refractivity contribution in [2.45, 2.75) is 0 Å². The highest BCUT2D eigenvalue weighted by molar-refractivity contribution is 6.17. The van der Waals surface area contributed by atoms with Gasteiger partial charge >= 0.3 is 5.97 Å². The summed E-state index contributed by atoms with van der Waals surface area (Å²) in [6.07, 6.45) is 0. The second-order valence-electron chi connectivity index (χ2n) is 4.74. The van der Waals surface area contributed by atoms with Crippen molar-refractivity contribution in [3.8, 4) is 17.2 Å². The number of rotatable bonds is 6. The maximum absolute atomic E-state index is 13.1. The molecule has 6 heteroatoms. The molecule has 0 saturated heterocycles. The maximum atomic E-state index is 13.1. The normalized spacial score (nSPS) is 10.0. The van der Waals surface area contributed by atoms with E-state index < -0.39 is 11.8 Å². The van der Waals surface area contributed by atoms with Crippen molar-refractivity contribution < 1.29 is 28.5 Å². The summed E-state index contributed by atoms with van der Waals surface area (Å²) in [5, 5.41) is 0. The van der Waals surface area contributed by atoms with E-state index in [2.05, 4.69) is 0 Å². The highest BCUT2D eigenvalue weighted by Gasteiger charge is 2.26. The van der Waals surface area contributed by atoms with Gasteiger partial charge in [-0.3, -0.25) is 4.79 Å². The molecule has 0 spiro atoms. The van der Waals surface area contributed by atoms with Gasteiger partial charge in [0, 0.05) is 5.56 Å². The molecule has 0 aliphatic heterocycles. The van der Waals surface area contributed by atoms with Crippen LogP contribution in [0, 0.1) is 0 Å². The zero-order chi connectivity index (χ0) is 17.7. The number of benzene rings is 2. The van der Waals surface area contributed by atoms with Crippen molar-refractivity contribution in [3.63, 3.8) is 0 Å². The average molecular weight is 330 g/mol. The Morgan fingerprint density at radius 3 is 1.88 bits per heavy atom. The minimum absolute atomic E-state index is 0.164. The fourth-order valence-corrected chi connectivity index (χ4v) is 2.40. The van der Waals surface area contributed by atoms with Gasteiger partial charge in [0.05, 0.1) is 34.0 Å². The lowest BCUT2D eigenvalue weighted by atomic mass is 9.96. The third-order valence-corrected chi connectivity index (χ3v) is 3.53. The Morgan fingerprint density at radius 1 is 0.750 bits per heavy atom. The van der Waals surface area contributed by atoms with Crippen molar-refractivity contribution in [2.75, 3.05) is 28.4 Å². The van der Waals surface area contributed by atoms with E-state index in [0.29, 0.717) is 11.5 Å². The summed E-state index contributed by atoms with van der Waals surface area (Å²) < 4.78 is 20.6. The number of ketones is 1. The summed E-state index contributed by atoms with van der Waals surface area (Å²) in [5.74, 6) is -0.0839. The molecule has 0 N–H and O–H groups in total. The Kier molecular flexibility index (Phi) is 5.42. The first-order chi connectivity index (χ1) is 11.6. The lowest BCUT2D eigenvalue weighted by molar-refractivity contribution is 0.0597. The quantitative estimate of drug-likeness (QED) is 0.599.